The third-order valence-corrected chi connectivity index (χ3v) is 3.86. The van der Waals surface area contributed by atoms with Crippen LogP contribution >= 0.6 is 0 Å². The van der Waals surface area contributed by atoms with Crippen molar-refractivity contribution in [2.75, 3.05) is 13.2 Å². The molecule has 1 saturated heterocycles. The van der Waals surface area contributed by atoms with Gasteiger partial charge in [-0.15, -0.1) is 0 Å². The number of H-pyrrole nitrogens is 1. The van der Waals surface area contributed by atoms with Crippen LogP contribution in [0.3, 0.4) is 0 Å². The van der Waals surface area contributed by atoms with Crippen LogP contribution in [0.1, 0.15) is 24.6 Å². The highest BCUT2D eigenvalue weighted by atomic mass is 16.5. The minimum absolute atomic E-state index is 0.435. The van der Waals surface area contributed by atoms with Gasteiger partial charge in [-0.3, -0.25) is 0 Å². The number of nitrogens with zero attached hydrogens (tertiary/aromatic N) is 2. The maximum atomic E-state index is 5.39. The normalized spacial score (nSPS) is 17.3. The number of para-hydroxylation sites is 1. The van der Waals surface area contributed by atoms with Crippen LogP contribution in [0, 0.1) is 0 Å². The lowest BCUT2D eigenvalue weighted by atomic mass is 9.99. The fraction of sp³-hybridized carbons (Fsp3) is 0.333. The van der Waals surface area contributed by atoms with E-state index in [-0.39, 0.29) is 0 Å². The summed E-state index contributed by atoms with van der Waals surface area (Å²) in [4.78, 5) is 12.7. The third-order valence-electron chi connectivity index (χ3n) is 3.86. The van der Waals surface area contributed by atoms with Crippen LogP contribution in [0.2, 0.25) is 0 Å². The van der Waals surface area contributed by atoms with Crippen molar-refractivity contribution in [2.24, 2.45) is 0 Å². The second-order valence-corrected chi connectivity index (χ2v) is 5.05. The Morgan fingerprint density at radius 2 is 1.95 bits per heavy atom. The van der Waals surface area contributed by atoms with E-state index in [1.807, 2.05) is 18.3 Å². The maximum Gasteiger partial charge on any atom is 0.142 e. The molecule has 4 nitrogen and oxygen atoms in total. The summed E-state index contributed by atoms with van der Waals surface area (Å²) in [7, 11) is 0. The first kappa shape index (κ1) is 10.9. The molecule has 0 radical (unpaired) electrons. The van der Waals surface area contributed by atoms with Gasteiger partial charge in [-0.1, -0.05) is 18.2 Å². The van der Waals surface area contributed by atoms with Crippen molar-refractivity contribution in [1.82, 2.24) is 15.0 Å². The molecule has 0 unspecified atom stereocenters. The molecule has 1 N–H and O–H groups in total. The van der Waals surface area contributed by atoms with E-state index in [0.29, 0.717) is 5.92 Å². The Kier molecular flexibility index (Phi) is 2.48. The predicted octanol–water partition coefficient (Wildman–Crippen LogP) is 3.01. The monoisotopic (exact) mass is 253 g/mol. The van der Waals surface area contributed by atoms with Crippen LogP contribution < -0.4 is 0 Å². The maximum absolute atomic E-state index is 5.39. The molecular formula is C15H15N3O. The van der Waals surface area contributed by atoms with Crippen LogP contribution in [0.25, 0.3) is 21.9 Å². The number of hydrogen-bond acceptors (Lipinski definition) is 3. The lowest BCUT2D eigenvalue weighted by Gasteiger charge is -2.20. The first-order chi connectivity index (χ1) is 9.42. The Bertz CT molecular complexity index is 728. The average Bonchev–Trinajstić information content (AvgIpc) is 2.86. The van der Waals surface area contributed by atoms with Crippen molar-refractivity contribution >= 4 is 21.9 Å². The molecule has 19 heavy (non-hydrogen) atoms. The molecule has 1 aliphatic heterocycles. The quantitative estimate of drug-likeness (QED) is 0.725. The molecule has 1 aromatic carbocycles. The van der Waals surface area contributed by atoms with Gasteiger partial charge in [-0.2, -0.15) is 0 Å². The van der Waals surface area contributed by atoms with Crippen LogP contribution in [0.15, 0.2) is 30.5 Å². The Morgan fingerprint density at radius 1 is 1.11 bits per heavy atom. The van der Waals surface area contributed by atoms with Gasteiger partial charge in [0.05, 0.1) is 0 Å². The van der Waals surface area contributed by atoms with Crippen LogP contribution in [0.5, 0.6) is 0 Å². The Morgan fingerprint density at radius 3 is 2.84 bits per heavy atom. The number of fused-ring (bicyclic) bond motifs is 3. The van der Waals surface area contributed by atoms with Crippen LogP contribution in [-0.2, 0) is 4.74 Å². The predicted molar refractivity (Wildman–Crippen MR) is 74.2 cm³/mol. The molecule has 3 aromatic rings. The summed E-state index contributed by atoms with van der Waals surface area (Å²) in [6, 6.07) is 8.25. The smallest absolute Gasteiger partial charge is 0.142 e. The zero-order valence-electron chi connectivity index (χ0n) is 10.6. The molecule has 0 atom stereocenters. The number of hydrogen-bond donors (Lipinski definition) is 1. The van der Waals surface area contributed by atoms with Crippen LogP contribution in [0.4, 0.5) is 0 Å². The standard InChI is InChI=1S/C15H15N3O/c1-2-4-13-11(3-1)12-9-16-14(18-15(12)17-13)10-5-7-19-8-6-10/h1-4,9-10H,5-8H2,(H,16,17,18). The van der Waals surface area contributed by atoms with E-state index in [1.165, 1.54) is 5.39 Å². The molecule has 0 amide bonds. The van der Waals surface area contributed by atoms with E-state index in [4.69, 9.17) is 9.72 Å². The van der Waals surface area contributed by atoms with Gasteiger partial charge in [-0.25, -0.2) is 9.97 Å². The molecule has 3 heterocycles. The highest BCUT2D eigenvalue weighted by Crippen LogP contribution is 2.27. The van der Waals surface area contributed by atoms with Crippen molar-refractivity contribution in [1.29, 1.82) is 0 Å². The fourth-order valence-electron chi connectivity index (χ4n) is 2.79. The van der Waals surface area contributed by atoms with Gasteiger partial charge in [0.1, 0.15) is 11.5 Å². The lowest BCUT2D eigenvalue weighted by Crippen LogP contribution is -2.16. The number of rotatable bonds is 1. The highest BCUT2D eigenvalue weighted by molar-refractivity contribution is 6.05. The summed E-state index contributed by atoms with van der Waals surface area (Å²) in [5.74, 6) is 1.38. The Hall–Kier alpha value is -1.94. The van der Waals surface area contributed by atoms with Gasteiger partial charge in [0, 0.05) is 41.6 Å². The molecule has 0 aliphatic carbocycles. The first-order valence-electron chi connectivity index (χ1n) is 6.73. The largest absolute Gasteiger partial charge is 0.381 e. The second-order valence-electron chi connectivity index (χ2n) is 5.05. The third kappa shape index (κ3) is 1.79. The topological polar surface area (TPSA) is 50.8 Å². The summed E-state index contributed by atoms with van der Waals surface area (Å²) in [6.45, 7) is 1.64. The van der Waals surface area contributed by atoms with Gasteiger partial charge in [-0.05, 0) is 18.9 Å². The van der Waals surface area contributed by atoms with Crippen molar-refractivity contribution in [3.8, 4) is 0 Å². The fourth-order valence-corrected chi connectivity index (χ4v) is 2.79. The molecular weight excluding hydrogens is 238 g/mol. The van der Waals surface area contributed by atoms with E-state index in [1.54, 1.807) is 0 Å². The van der Waals surface area contributed by atoms with E-state index in [9.17, 15) is 0 Å². The van der Waals surface area contributed by atoms with Gasteiger partial charge < -0.3 is 9.72 Å². The molecule has 1 aliphatic rings. The van der Waals surface area contributed by atoms with E-state index in [0.717, 1.165) is 48.4 Å². The van der Waals surface area contributed by atoms with Crippen molar-refractivity contribution in [3.05, 3.63) is 36.3 Å². The minimum Gasteiger partial charge on any atom is -0.381 e. The van der Waals surface area contributed by atoms with Gasteiger partial charge in [0.15, 0.2) is 0 Å². The average molecular weight is 253 g/mol. The number of aromatic amines is 1. The second kappa shape index (κ2) is 4.31. The molecule has 96 valence electrons. The summed E-state index contributed by atoms with van der Waals surface area (Å²) < 4.78 is 5.39. The van der Waals surface area contributed by atoms with E-state index in [2.05, 4.69) is 22.1 Å². The summed E-state index contributed by atoms with van der Waals surface area (Å²) >= 11 is 0. The molecule has 0 spiro atoms. The Labute approximate surface area is 110 Å². The van der Waals surface area contributed by atoms with Gasteiger partial charge in [0.25, 0.3) is 0 Å². The molecule has 0 bridgehead atoms. The number of nitrogens with one attached hydrogen (secondary N) is 1. The summed E-state index contributed by atoms with van der Waals surface area (Å²) in [5.41, 5.74) is 2.06. The van der Waals surface area contributed by atoms with E-state index < -0.39 is 0 Å². The first-order valence-corrected chi connectivity index (χ1v) is 6.73. The molecule has 1 fully saturated rings. The SMILES string of the molecule is c1ccc2c(c1)[nH]c1nc(C3CCOCC3)ncc12. The van der Waals surface area contributed by atoms with Crippen molar-refractivity contribution in [2.45, 2.75) is 18.8 Å². The zero-order chi connectivity index (χ0) is 12.7. The molecule has 4 heteroatoms. The zero-order valence-corrected chi connectivity index (χ0v) is 10.6. The van der Waals surface area contributed by atoms with Crippen molar-refractivity contribution in [3.63, 3.8) is 0 Å². The van der Waals surface area contributed by atoms with E-state index >= 15 is 0 Å². The Balaban J connectivity index is 1.84. The lowest BCUT2D eigenvalue weighted by molar-refractivity contribution is 0.0836. The van der Waals surface area contributed by atoms with Crippen molar-refractivity contribution < 1.29 is 4.74 Å². The minimum atomic E-state index is 0.435. The number of ether oxygens (including phenoxy) is 1. The van der Waals surface area contributed by atoms with Gasteiger partial charge >= 0.3 is 0 Å². The molecule has 2 aromatic heterocycles. The number of aromatic nitrogens is 3. The summed E-state index contributed by atoms with van der Waals surface area (Å²) in [5, 5.41) is 2.29. The number of benzene rings is 1. The van der Waals surface area contributed by atoms with Gasteiger partial charge in [0.2, 0.25) is 0 Å². The highest BCUT2D eigenvalue weighted by Gasteiger charge is 2.19. The molecule has 0 saturated carbocycles. The van der Waals surface area contributed by atoms with Crippen LogP contribution in [-0.4, -0.2) is 28.2 Å². The summed E-state index contributed by atoms with van der Waals surface area (Å²) in [6.07, 6.45) is 3.99. The molecule has 4 rings (SSSR count).